The number of nitrogens with zero attached hydrogens (tertiary/aromatic N) is 4. The summed E-state index contributed by atoms with van der Waals surface area (Å²) in [5.41, 5.74) is 6.14. The monoisotopic (exact) mass is 277 g/mol. The van der Waals surface area contributed by atoms with Gasteiger partial charge in [-0.1, -0.05) is 20.8 Å². The van der Waals surface area contributed by atoms with Gasteiger partial charge in [0.1, 0.15) is 18.0 Å². The van der Waals surface area contributed by atoms with E-state index in [9.17, 15) is 0 Å². The van der Waals surface area contributed by atoms with Gasteiger partial charge >= 0.3 is 0 Å². The van der Waals surface area contributed by atoms with Gasteiger partial charge in [-0.15, -0.1) is 0 Å². The minimum Gasteiger partial charge on any atom is -0.384 e. The van der Waals surface area contributed by atoms with Crippen molar-refractivity contribution in [1.29, 1.82) is 0 Å². The zero-order valence-corrected chi connectivity index (χ0v) is 13.1. The molecule has 0 bridgehead atoms. The van der Waals surface area contributed by atoms with E-state index in [2.05, 4.69) is 47.6 Å². The van der Waals surface area contributed by atoms with Crippen LogP contribution in [0, 0.1) is 5.41 Å². The third kappa shape index (κ3) is 4.07. The molecule has 0 amide bonds. The van der Waals surface area contributed by atoms with Crippen LogP contribution < -0.4 is 10.6 Å². The van der Waals surface area contributed by atoms with E-state index in [1.165, 1.54) is 6.42 Å². The molecule has 0 radical (unpaired) electrons. The van der Waals surface area contributed by atoms with Crippen molar-refractivity contribution in [1.82, 2.24) is 14.9 Å². The number of nitrogen functional groups attached to an aromatic ring is 1. The van der Waals surface area contributed by atoms with Gasteiger partial charge in [-0.2, -0.15) is 0 Å². The summed E-state index contributed by atoms with van der Waals surface area (Å²) < 4.78 is 0. The highest BCUT2D eigenvalue weighted by atomic mass is 15.3. The lowest BCUT2D eigenvalue weighted by Crippen LogP contribution is -2.39. The predicted octanol–water partition coefficient (Wildman–Crippen LogP) is 2.01. The molecule has 1 aliphatic heterocycles. The second kappa shape index (κ2) is 5.95. The number of likely N-dealkylation sites (N-methyl/N-ethyl adjacent to an activating group) is 1. The van der Waals surface area contributed by atoms with E-state index in [-0.39, 0.29) is 0 Å². The molecule has 0 aliphatic carbocycles. The molecule has 20 heavy (non-hydrogen) atoms. The smallest absolute Gasteiger partial charge is 0.134 e. The number of nitrogens with two attached hydrogens (primary N) is 1. The highest BCUT2D eigenvalue weighted by Gasteiger charge is 2.27. The number of hydrogen-bond acceptors (Lipinski definition) is 5. The highest BCUT2D eigenvalue weighted by Crippen LogP contribution is 2.25. The number of rotatable bonds is 4. The summed E-state index contributed by atoms with van der Waals surface area (Å²) in [6.45, 7) is 10.1. The average Bonchev–Trinajstić information content (AvgIpc) is 2.75. The van der Waals surface area contributed by atoms with E-state index in [0.29, 0.717) is 17.3 Å². The van der Waals surface area contributed by atoms with Gasteiger partial charge < -0.3 is 15.5 Å². The molecule has 1 aromatic heterocycles. The zero-order valence-electron chi connectivity index (χ0n) is 13.1. The Hall–Kier alpha value is -1.36. The van der Waals surface area contributed by atoms with E-state index in [4.69, 9.17) is 5.73 Å². The lowest BCUT2D eigenvalue weighted by atomic mass is 9.92. The number of likely N-dealkylation sites (tertiary alicyclic amines) is 1. The van der Waals surface area contributed by atoms with E-state index in [1.807, 2.05) is 6.07 Å². The maximum Gasteiger partial charge on any atom is 0.134 e. The van der Waals surface area contributed by atoms with Gasteiger partial charge in [0.2, 0.25) is 0 Å². The molecule has 1 atom stereocenters. The Balaban J connectivity index is 2.15. The van der Waals surface area contributed by atoms with Crippen molar-refractivity contribution < 1.29 is 0 Å². The third-order valence-corrected chi connectivity index (χ3v) is 3.88. The predicted molar refractivity (Wildman–Crippen MR) is 83.8 cm³/mol. The molecule has 1 saturated heterocycles. The summed E-state index contributed by atoms with van der Waals surface area (Å²) in [7, 11) is 2.18. The number of aromatic nitrogens is 2. The van der Waals surface area contributed by atoms with Crippen LogP contribution in [0.5, 0.6) is 0 Å². The van der Waals surface area contributed by atoms with Crippen LogP contribution in [-0.2, 0) is 0 Å². The second-order valence-electron chi connectivity index (χ2n) is 7.01. The van der Waals surface area contributed by atoms with Crippen LogP contribution >= 0.6 is 0 Å². The lowest BCUT2D eigenvalue weighted by molar-refractivity contribution is 0.366. The van der Waals surface area contributed by atoms with Crippen molar-refractivity contribution in [3.8, 4) is 0 Å². The van der Waals surface area contributed by atoms with Crippen LogP contribution in [0.15, 0.2) is 12.4 Å². The highest BCUT2D eigenvalue weighted by molar-refractivity contribution is 5.47. The molecule has 2 rings (SSSR count). The molecular weight excluding hydrogens is 250 g/mol. The first-order valence-electron chi connectivity index (χ1n) is 7.38. The van der Waals surface area contributed by atoms with Crippen LogP contribution in [0.4, 0.5) is 11.6 Å². The van der Waals surface area contributed by atoms with Crippen LogP contribution in [0.2, 0.25) is 0 Å². The largest absolute Gasteiger partial charge is 0.384 e. The molecule has 1 fully saturated rings. The van der Waals surface area contributed by atoms with Gasteiger partial charge in [0.25, 0.3) is 0 Å². The summed E-state index contributed by atoms with van der Waals surface area (Å²) in [5, 5.41) is 0. The van der Waals surface area contributed by atoms with E-state index < -0.39 is 0 Å². The molecule has 2 heterocycles. The zero-order chi connectivity index (χ0) is 14.8. The molecule has 1 aliphatic rings. The maximum atomic E-state index is 5.82. The molecule has 1 unspecified atom stereocenters. The molecule has 2 N–H and O–H groups in total. The lowest BCUT2D eigenvalue weighted by Gasteiger charge is -2.32. The summed E-state index contributed by atoms with van der Waals surface area (Å²) in [6, 6.07) is 2.41. The van der Waals surface area contributed by atoms with Gasteiger partial charge in [-0.3, -0.25) is 0 Å². The quantitative estimate of drug-likeness (QED) is 0.912. The molecular formula is C15H27N5. The Kier molecular flexibility index (Phi) is 4.48. The van der Waals surface area contributed by atoms with Crippen molar-refractivity contribution in [2.24, 2.45) is 5.41 Å². The van der Waals surface area contributed by atoms with Crippen molar-refractivity contribution >= 4 is 11.6 Å². The Morgan fingerprint density at radius 3 is 2.70 bits per heavy atom. The first-order chi connectivity index (χ1) is 9.35. The molecule has 0 aromatic carbocycles. The molecule has 5 heteroatoms. The van der Waals surface area contributed by atoms with E-state index >= 15 is 0 Å². The first kappa shape index (κ1) is 15.0. The van der Waals surface area contributed by atoms with Crippen LogP contribution in [0.1, 0.15) is 33.6 Å². The van der Waals surface area contributed by atoms with Crippen molar-refractivity contribution in [3.63, 3.8) is 0 Å². The maximum absolute atomic E-state index is 5.82. The molecule has 1 aromatic rings. The Morgan fingerprint density at radius 1 is 1.40 bits per heavy atom. The van der Waals surface area contributed by atoms with Crippen LogP contribution in [-0.4, -0.2) is 47.6 Å². The fraction of sp³-hybridized carbons (Fsp3) is 0.733. The number of anilines is 2. The van der Waals surface area contributed by atoms with E-state index in [0.717, 1.165) is 31.9 Å². The van der Waals surface area contributed by atoms with Crippen molar-refractivity contribution in [3.05, 3.63) is 12.4 Å². The summed E-state index contributed by atoms with van der Waals surface area (Å²) in [6.07, 6.45) is 3.88. The minimum atomic E-state index is 0.321. The van der Waals surface area contributed by atoms with Gasteiger partial charge in [-0.25, -0.2) is 9.97 Å². The normalized spacial score (nSPS) is 20.3. The Bertz CT molecular complexity index is 440. The Labute approximate surface area is 122 Å². The molecule has 0 spiro atoms. The summed E-state index contributed by atoms with van der Waals surface area (Å²) in [5.74, 6) is 1.50. The second-order valence-corrected chi connectivity index (χ2v) is 7.01. The fourth-order valence-corrected chi connectivity index (χ4v) is 2.62. The fourth-order valence-electron chi connectivity index (χ4n) is 2.62. The standard InChI is InChI=1S/C15H27N5/c1-15(2,3)6-8-20(12-5-7-19(4)10-12)14-9-13(16)17-11-18-14/h9,11-12H,5-8,10H2,1-4H3,(H2,16,17,18). The van der Waals surface area contributed by atoms with Crippen LogP contribution in [0.25, 0.3) is 0 Å². The molecule has 5 nitrogen and oxygen atoms in total. The van der Waals surface area contributed by atoms with Gasteiger partial charge in [0.05, 0.1) is 0 Å². The average molecular weight is 277 g/mol. The van der Waals surface area contributed by atoms with Gasteiger partial charge in [-0.05, 0) is 31.8 Å². The van der Waals surface area contributed by atoms with Gasteiger partial charge in [0, 0.05) is 25.2 Å². The van der Waals surface area contributed by atoms with Crippen molar-refractivity contribution in [2.45, 2.75) is 39.7 Å². The topological polar surface area (TPSA) is 58.3 Å². The van der Waals surface area contributed by atoms with Crippen molar-refractivity contribution in [2.75, 3.05) is 37.3 Å². The molecule has 0 saturated carbocycles. The van der Waals surface area contributed by atoms with Gasteiger partial charge in [0.15, 0.2) is 0 Å². The minimum absolute atomic E-state index is 0.321. The van der Waals surface area contributed by atoms with Crippen LogP contribution in [0.3, 0.4) is 0 Å². The third-order valence-electron chi connectivity index (χ3n) is 3.88. The number of hydrogen-bond donors (Lipinski definition) is 1. The SMILES string of the molecule is CN1CCC(N(CCC(C)(C)C)c2cc(N)ncn2)C1. The molecule has 112 valence electrons. The summed E-state index contributed by atoms with van der Waals surface area (Å²) >= 11 is 0. The summed E-state index contributed by atoms with van der Waals surface area (Å²) in [4.78, 5) is 13.2. The first-order valence-corrected chi connectivity index (χ1v) is 7.38. The van der Waals surface area contributed by atoms with E-state index in [1.54, 1.807) is 6.33 Å². The Morgan fingerprint density at radius 2 is 2.15 bits per heavy atom.